The second kappa shape index (κ2) is 11.3. The van der Waals surface area contributed by atoms with Crippen molar-refractivity contribution in [2.45, 2.75) is 6.18 Å². The number of amides is 1. The molecule has 0 aliphatic carbocycles. The number of alkyl halides is 3. The molecule has 5 rings (SSSR count). The number of carbonyl (C=O) groups is 1. The minimum absolute atomic E-state index is 0.0223. The molecule has 39 heavy (non-hydrogen) atoms. The highest BCUT2D eigenvalue weighted by Crippen LogP contribution is 2.40. The normalized spacial score (nSPS) is 13.7. The monoisotopic (exact) mass is 554 g/mol. The van der Waals surface area contributed by atoms with Crippen molar-refractivity contribution in [3.8, 4) is 10.4 Å². The maximum absolute atomic E-state index is 13.9. The molecule has 0 bridgehead atoms. The number of carbonyl (C=O) groups excluding carboxylic acids is 1. The van der Waals surface area contributed by atoms with E-state index in [1.165, 1.54) is 7.05 Å². The van der Waals surface area contributed by atoms with Gasteiger partial charge in [-0.25, -0.2) is 4.98 Å². The highest BCUT2D eigenvalue weighted by molar-refractivity contribution is 7.20. The molecule has 1 amide bonds. The molecule has 1 aliphatic rings. The van der Waals surface area contributed by atoms with Crippen LogP contribution < -0.4 is 20.9 Å². The summed E-state index contributed by atoms with van der Waals surface area (Å²) < 4.78 is 47.1. The number of anilines is 5. The number of halogens is 3. The van der Waals surface area contributed by atoms with E-state index < -0.39 is 23.5 Å². The van der Waals surface area contributed by atoms with Crippen molar-refractivity contribution in [2.24, 2.45) is 0 Å². The molecule has 3 N–H and O–H groups in total. The highest BCUT2D eigenvalue weighted by atomic mass is 32.1. The summed E-state index contributed by atoms with van der Waals surface area (Å²) in [6.07, 6.45) is -3.99. The van der Waals surface area contributed by atoms with Gasteiger partial charge in [-0.15, -0.1) is 11.3 Å². The summed E-state index contributed by atoms with van der Waals surface area (Å²) in [5, 5.41) is 8.50. The Hall–Kier alpha value is -4.16. The van der Waals surface area contributed by atoms with Crippen LogP contribution in [0.25, 0.3) is 10.4 Å². The Morgan fingerprint density at radius 2 is 1.74 bits per heavy atom. The van der Waals surface area contributed by atoms with Gasteiger partial charge in [-0.05, 0) is 35.9 Å². The minimum Gasteiger partial charge on any atom is -0.378 e. The van der Waals surface area contributed by atoms with Gasteiger partial charge in [-0.3, -0.25) is 4.79 Å². The van der Waals surface area contributed by atoms with Gasteiger partial charge in [0.05, 0.1) is 18.8 Å². The summed E-state index contributed by atoms with van der Waals surface area (Å²) in [4.78, 5) is 23.5. The summed E-state index contributed by atoms with van der Waals surface area (Å²) in [5.41, 5.74) is 1.64. The van der Waals surface area contributed by atoms with Crippen LogP contribution >= 0.6 is 11.3 Å². The van der Waals surface area contributed by atoms with E-state index in [4.69, 9.17) is 4.74 Å². The van der Waals surface area contributed by atoms with Gasteiger partial charge in [0.15, 0.2) is 0 Å². The lowest BCUT2D eigenvalue weighted by Crippen LogP contribution is -2.36. The Morgan fingerprint density at radius 3 is 2.41 bits per heavy atom. The lowest BCUT2D eigenvalue weighted by atomic mass is 10.1. The standard InChI is InChI=1S/C27H25F3N6O2S/c1-31-24(37)20-15-22(17-5-3-2-4-6-17)39-25(20)34-23-21(27(28,29)30)16-32-26(35-23)33-18-7-9-19(10-8-18)36-11-13-38-14-12-36/h2-10,15-16H,11-14H2,1H3,(H,31,37)(H2,32,33,34,35). The molecule has 4 aromatic rings. The first kappa shape index (κ1) is 26.4. The van der Waals surface area contributed by atoms with E-state index in [-0.39, 0.29) is 16.5 Å². The van der Waals surface area contributed by atoms with Gasteiger partial charge in [0.1, 0.15) is 16.4 Å². The van der Waals surface area contributed by atoms with Gasteiger partial charge < -0.3 is 25.6 Å². The first-order valence-electron chi connectivity index (χ1n) is 12.1. The van der Waals surface area contributed by atoms with Gasteiger partial charge in [-0.1, -0.05) is 30.3 Å². The molecule has 1 aliphatic heterocycles. The van der Waals surface area contributed by atoms with Gasteiger partial charge in [-0.2, -0.15) is 18.2 Å². The zero-order valence-electron chi connectivity index (χ0n) is 20.9. The van der Waals surface area contributed by atoms with Crippen molar-refractivity contribution in [2.75, 3.05) is 48.9 Å². The van der Waals surface area contributed by atoms with Crippen molar-refractivity contribution in [3.63, 3.8) is 0 Å². The fourth-order valence-electron chi connectivity index (χ4n) is 4.09. The van der Waals surface area contributed by atoms with Crippen LogP contribution in [0.4, 0.5) is 41.3 Å². The van der Waals surface area contributed by atoms with E-state index in [1.54, 1.807) is 6.07 Å². The predicted molar refractivity (Wildman–Crippen MR) is 146 cm³/mol. The number of rotatable bonds is 7. The molecular formula is C27H25F3N6O2S. The van der Waals surface area contributed by atoms with Crippen LogP contribution in [0.15, 0.2) is 66.9 Å². The van der Waals surface area contributed by atoms with E-state index in [1.807, 2.05) is 54.6 Å². The number of hydrogen-bond acceptors (Lipinski definition) is 8. The Labute approximate surface area is 226 Å². The Bertz CT molecular complexity index is 1440. The Balaban J connectivity index is 1.44. The first-order valence-corrected chi connectivity index (χ1v) is 13.0. The first-order chi connectivity index (χ1) is 18.8. The second-order valence-corrected chi connectivity index (χ2v) is 9.70. The molecule has 3 heterocycles. The Kier molecular flexibility index (Phi) is 7.66. The van der Waals surface area contributed by atoms with E-state index in [0.29, 0.717) is 18.9 Å². The van der Waals surface area contributed by atoms with Crippen molar-refractivity contribution in [1.29, 1.82) is 0 Å². The molecular weight excluding hydrogens is 529 g/mol. The van der Waals surface area contributed by atoms with Crippen LogP contribution in [-0.4, -0.2) is 49.2 Å². The average Bonchev–Trinajstić information content (AvgIpc) is 3.37. The van der Waals surface area contributed by atoms with Crippen molar-refractivity contribution in [3.05, 3.63) is 78.0 Å². The quantitative estimate of drug-likeness (QED) is 0.262. The molecule has 0 saturated carbocycles. The van der Waals surface area contributed by atoms with Gasteiger partial charge in [0.25, 0.3) is 5.91 Å². The highest BCUT2D eigenvalue weighted by Gasteiger charge is 2.36. The Morgan fingerprint density at radius 1 is 1.03 bits per heavy atom. The number of ether oxygens (including phenoxy) is 1. The van der Waals surface area contributed by atoms with Crippen molar-refractivity contribution < 1.29 is 22.7 Å². The van der Waals surface area contributed by atoms with Crippen LogP contribution in [-0.2, 0) is 10.9 Å². The van der Waals surface area contributed by atoms with E-state index in [2.05, 4.69) is 30.8 Å². The molecule has 2 aromatic carbocycles. The van der Waals surface area contributed by atoms with Gasteiger partial charge in [0, 0.05) is 42.6 Å². The lowest BCUT2D eigenvalue weighted by Gasteiger charge is -2.28. The van der Waals surface area contributed by atoms with Crippen LogP contribution in [0, 0.1) is 0 Å². The number of benzene rings is 2. The predicted octanol–water partition coefficient (Wildman–Crippen LogP) is 5.91. The second-order valence-electron chi connectivity index (χ2n) is 8.65. The zero-order valence-corrected chi connectivity index (χ0v) is 21.7. The molecule has 202 valence electrons. The topological polar surface area (TPSA) is 91.4 Å². The molecule has 2 aromatic heterocycles. The largest absolute Gasteiger partial charge is 0.421 e. The van der Waals surface area contributed by atoms with E-state index in [9.17, 15) is 18.0 Å². The van der Waals surface area contributed by atoms with E-state index >= 15 is 0 Å². The molecule has 0 atom stereocenters. The molecule has 1 fully saturated rings. The summed E-state index contributed by atoms with van der Waals surface area (Å²) in [5.74, 6) is -0.917. The molecule has 0 unspecified atom stereocenters. The fraction of sp³-hybridized carbons (Fsp3) is 0.222. The number of morpholine rings is 1. The smallest absolute Gasteiger partial charge is 0.378 e. The third kappa shape index (κ3) is 6.13. The summed E-state index contributed by atoms with van der Waals surface area (Å²) >= 11 is 1.16. The average molecular weight is 555 g/mol. The third-order valence-corrected chi connectivity index (χ3v) is 7.19. The zero-order chi connectivity index (χ0) is 27.4. The lowest BCUT2D eigenvalue weighted by molar-refractivity contribution is -0.137. The maximum atomic E-state index is 13.9. The van der Waals surface area contributed by atoms with Gasteiger partial charge in [0.2, 0.25) is 5.95 Å². The molecule has 0 spiro atoms. The van der Waals surface area contributed by atoms with Crippen LogP contribution in [0.3, 0.4) is 0 Å². The molecule has 12 heteroatoms. The molecule has 8 nitrogen and oxygen atoms in total. The van der Waals surface area contributed by atoms with Crippen LogP contribution in [0.2, 0.25) is 0 Å². The summed E-state index contributed by atoms with van der Waals surface area (Å²) in [7, 11) is 1.46. The van der Waals surface area contributed by atoms with E-state index in [0.717, 1.165) is 46.8 Å². The summed E-state index contributed by atoms with van der Waals surface area (Å²) in [6, 6.07) is 18.4. The number of nitrogens with zero attached hydrogens (tertiary/aromatic N) is 3. The molecule has 0 radical (unpaired) electrons. The number of aromatic nitrogens is 2. The van der Waals surface area contributed by atoms with Crippen molar-refractivity contribution >= 4 is 45.4 Å². The maximum Gasteiger partial charge on any atom is 0.421 e. The fourth-order valence-corrected chi connectivity index (χ4v) is 5.15. The van der Waals surface area contributed by atoms with Crippen molar-refractivity contribution in [1.82, 2.24) is 15.3 Å². The minimum atomic E-state index is -4.71. The SMILES string of the molecule is CNC(=O)c1cc(-c2ccccc2)sc1Nc1nc(Nc2ccc(N3CCOCC3)cc2)ncc1C(F)(F)F. The van der Waals surface area contributed by atoms with Crippen LogP contribution in [0.5, 0.6) is 0 Å². The number of nitrogens with one attached hydrogen (secondary N) is 3. The van der Waals surface area contributed by atoms with Gasteiger partial charge >= 0.3 is 6.18 Å². The number of thiophene rings is 1. The number of hydrogen-bond donors (Lipinski definition) is 3. The molecule has 1 saturated heterocycles. The third-order valence-electron chi connectivity index (χ3n) is 6.09. The van der Waals surface area contributed by atoms with Crippen LogP contribution in [0.1, 0.15) is 15.9 Å². The summed E-state index contributed by atoms with van der Waals surface area (Å²) in [6.45, 7) is 2.90.